The van der Waals surface area contributed by atoms with E-state index in [0.717, 1.165) is 0 Å². The first-order valence-corrected chi connectivity index (χ1v) is 23.0. The van der Waals surface area contributed by atoms with Crippen LogP contribution in [0.5, 0.6) is 0 Å². The lowest BCUT2D eigenvalue weighted by molar-refractivity contribution is -0.156. The molecular weight excluding hydrogens is 703 g/mol. The highest BCUT2D eigenvalue weighted by molar-refractivity contribution is 7.79. The van der Waals surface area contributed by atoms with E-state index in [2.05, 4.69) is 10.6 Å². The molecule has 13 nitrogen and oxygen atoms in total. The van der Waals surface area contributed by atoms with Crippen molar-refractivity contribution in [2.24, 2.45) is 17.8 Å². The van der Waals surface area contributed by atoms with E-state index in [1.807, 2.05) is 75.4 Å². The number of carbonyl (C=O) groups excluding carboxylic acids is 5. The minimum Gasteiger partial charge on any atom is -0.409 e. The Bertz CT molecular complexity index is 1220. The molecule has 52 heavy (non-hydrogen) atoms. The third kappa shape index (κ3) is 14.5. The largest absolute Gasteiger partial charge is 0.409 e. The molecule has 5 amide bonds. The van der Waals surface area contributed by atoms with Crippen molar-refractivity contribution in [2.45, 2.75) is 156 Å². The predicted octanol–water partition coefficient (Wildman–Crippen LogP) is 4.34. The standard InChI is InChI=1S/C37H73N5O8SSi/c1-19-27(33(44)38-12)39-34(45)31(32(26(8)49-51(16)48)50-52(17,18)37(9,10)11)42(15)36(47)30(25(6)7)41(14)35(46)28(22-24(4)5)40(13)29(43)21-20-23(2)3/h23-28,30-32H,19-22H2,1-18H3,(H,38,44)(H,39,45)/t26-,27-,28-,30-,31-,32+,51?/m0/s1. The number of nitrogens with zero attached hydrogens (tertiary/aromatic N) is 3. The molecule has 0 bridgehead atoms. The molecule has 0 rings (SSSR count). The van der Waals surface area contributed by atoms with Gasteiger partial charge in [0.15, 0.2) is 19.4 Å². The molecule has 7 atom stereocenters. The van der Waals surface area contributed by atoms with Crippen LogP contribution in [-0.2, 0) is 43.7 Å². The molecule has 304 valence electrons. The first kappa shape index (κ1) is 49.6. The van der Waals surface area contributed by atoms with Gasteiger partial charge in [-0.3, -0.25) is 28.2 Å². The molecule has 15 heteroatoms. The van der Waals surface area contributed by atoms with Crippen LogP contribution in [0.1, 0.15) is 102 Å². The molecular formula is C37H73N5O8SSi. The Kier molecular flexibility index (Phi) is 20.5. The van der Waals surface area contributed by atoms with E-state index < -0.39 is 79.4 Å². The summed E-state index contributed by atoms with van der Waals surface area (Å²) in [4.78, 5) is 73.7. The Labute approximate surface area is 318 Å². The number of carbonyl (C=O) groups is 5. The maximum atomic E-state index is 14.8. The zero-order chi connectivity index (χ0) is 41.0. The van der Waals surface area contributed by atoms with E-state index >= 15 is 0 Å². The second kappa shape index (κ2) is 21.5. The number of likely N-dealkylation sites (N-methyl/N-ethyl adjacent to an activating group) is 4. The average Bonchev–Trinajstić information content (AvgIpc) is 3.02. The molecule has 0 saturated heterocycles. The van der Waals surface area contributed by atoms with Crippen LogP contribution >= 0.6 is 0 Å². The van der Waals surface area contributed by atoms with Gasteiger partial charge in [0.25, 0.3) is 0 Å². The number of nitrogens with one attached hydrogen (secondary N) is 2. The van der Waals surface area contributed by atoms with Gasteiger partial charge in [-0.05, 0) is 62.1 Å². The summed E-state index contributed by atoms with van der Waals surface area (Å²) in [5.41, 5.74) is 0. The molecule has 0 aromatic heterocycles. The van der Waals surface area contributed by atoms with Crippen molar-refractivity contribution in [3.63, 3.8) is 0 Å². The van der Waals surface area contributed by atoms with E-state index in [4.69, 9.17) is 8.61 Å². The first-order chi connectivity index (χ1) is 23.7. The Morgan fingerprint density at radius 2 is 1.33 bits per heavy atom. The van der Waals surface area contributed by atoms with Crippen LogP contribution in [-0.4, -0.2) is 128 Å². The lowest BCUT2D eigenvalue weighted by Gasteiger charge is -2.45. The van der Waals surface area contributed by atoms with Crippen molar-refractivity contribution in [1.82, 2.24) is 25.3 Å². The molecule has 0 radical (unpaired) electrons. The summed E-state index contributed by atoms with van der Waals surface area (Å²) in [7, 11) is 3.46. The van der Waals surface area contributed by atoms with Gasteiger partial charge in [0, 0.05) is 40.9 Å². The van der Waals surface area contributed by atoms with Crippen LogP contribution in [0.4, 0.5) is 0 Å². The van der Waals surface area contributed by atoms with Crippen molar-refractivity contribution in [1.29, 1.82) is 0 Å². The fourth-order valence-electron chi connectivity index (χ4n) is 5.78. The van der Waals surface area contributed by atoms with Crippen molar-refractivity contribution in [2.75, 3.05) is 34.4 Å². The van der Waals surface area contributed by atoms with Crippen molar-refractivity contribution in [3.05, 3.63) is 0 Å². The molecule has 0 spiro atoms. The number of rotatable bonds is 21. The zero-order valence-electron chi connectivity index (χ0n) is 35.5. The highest BCUT2D eigenvalue weighted by Crippen LogP contribution is 2.39. The van der Waals surface area contributed by atoms with Gasteiger partial charge in [-0.2, -0.15) is 0 Å². The van der Waals surface area contributed by atoms with Crippen molar-refractivity contribution < 1.29 is 36.8 Å². The van der Waals surface area contributed by atoms with E-state index in [1.165, 1.54) is 35.1 Å². The summed E-state index contributed by atoms with van der Waals surface area (Å²) in [6, 6.07) is -4.09. The van der Waals surface area contributed by atoms with Gasteiger partial charge in [0.1, 0.15) is 30.3 Å². The van der Waals surface area contributed by atoms with E-state index in [9.17, 15) is 28.2 Å². The average molecular weight is 776 g/mol. The Morgan fingerprint density at radius 3 is 1.73 bits per heavy atom. The summed E-state index contributed by atoms with van der Waals surface area (Å²) in [5, 5.41) is 5.06. The van der Waals surface area contributed by atoms with Gasteiger partial charge in [0.05, 0.1) is 6.10 Å². The van der Waals surface area contributed by atoms with Gasteiger partial charge < -0.3 is 29.8 Å². The minimum atomic E-state index is -2.68. The summed E-state index contributed by atoms with van der Waals surface area (Å²) < 4.78 is 25.0. The second-order valence-electron chi connectivity index (χ2n) is 16.7. The molecule has 0 aromatic carbocycles. The first-order valence-electron chi connectivity index (χ1n) is 18.7. The van der Waals surface area contributed by atoms with E-state index in [0.29, 0.717) is 25.2 Å². The smallest absolute Gasteiger partial charge is 0.246 e. The van der Waals surface area contributed by atoms with Crippen LogP contribution in [0.25, 0.3) is 0 Å². The summed E-state index contributed by atoms with van der Waals surface area (Å²) in [6.07, 6.45) is 1.01. The van der Waals surface area contributed by atoms with E-state index in [1.54, 1.807) is 27.9 Å². The van der Waals surface area contributed by atoms with Crippen LogP contribution < -0.4 is 10.6 Å². The Balaban J connectivity index is 7.31. The highest BCUT2D eigenvalue weighted by atomic mass is 32.2. The van der Waals surface area contributed by atoms with Crippen molar-refractivity contribution >= 4 is 48.9 Å². The normalized spacial score (nSPS) is 16.4. The predicted molar refractivity (Wildman–Crippen MR) is 211 cm³/mol. The number of amides is 5. The monoisotopic (exact) mass is 775 g/mol. The molecule has 0 heterocycles. The maximum absolute atomic E-state index is 14.8. The SMILES string of the molecule is CC[C@H](NC(=O)[C@H]([C@H](O[Si](C)(C)C(C)(C)C)[C@H](C)OS(C)=O)N(C)C(=O)[C@H](C(C)C)N(C)C(=O)[C@H](CC(C)C)N(C)C(=O)CCC(C)C)C(=O)NC. The van der Waals surface area contributed by atoms with Gasteiger partial charge in [-0.1, -0.05) is 69.2 Å². The summed E-state index contributed by atoms with van der Waals surface area (Å²) in [6.45, 7) is 25.2. The summed E-state index contributed by atoms with van der Waals surface area (Å²) in [5.74, 6) is -2.12. The zero-order valence-corrected chi connectivity index (χ0v) is 37.4. The van der Waals surface area contributed by atoms with Crippen LogP contribution in [0.2, 0.25) is 18.1 Å². The third-order valence-corrected chi connectivity index (χ3v) is 15.1. The van der Waals surface area contributed by atoms with Gasteiger partial charge in [-0.15, -0.1) is 0 Å². The van der Waals surface area contributed by atoms with Crippen LogP contribution in [0, 0.1) is 17.8 Å². The molecule has 0 aliphatic carbocycles. The molecule has 0 fully saturated rings. The van der Waals surface area contributed by atoms with Crippen LogP contribution in [0.3, 0.4) is 0 Å². The van der Waals surface area contributed by atoms with Gasteiger partial charge in [0.2, 0.25) is 29.5 Å². The molecule has 0 aliphatic heterocycles. The topological polar surface area (TPSA) is 155 Å². The molecule has 1 unspecified atom stereocenters. The van der Waals surface area contributed by atoms with Gasteiger partial charge in [-0.25, -0.2) is 4.21 Å². The molecule has 2 N–H and O–H groups in total. The highest BCUT2D eigenvalue weighted by Gasteiger charge is 2.48. The molecule has 0 saturated carbocycles. The minimum absolute atomic E-state index is 0.0809. The van der Waals surface area contributed by atoms with Crippen LogP contribution in [0.15, 0.2) is 0 Å². The van der Waals surface area contributed by atoms with E-state index in [-0.39, 0.29) is 29.2 Å². The van der Waals surface area contributed by atoms with Gasteiger partial charge >= 0.3 is 0 Å². The molecule has 0 aliphatic rings. The lowest BCUT2D eigenvalue weighted by atomic mass is 9.95. The Hall–Kier alpha value is -2.36. The second-order valence-corrected chi connectivity index (χ2v) is 22.5. The fourth-order valence-corrected chi connectivity index (χ4v) is 7.67. The number of hydrogen-bond acceptors (Lipinski definition) is 8. The fraction of sp³-hybridized carbons (Fsp3) is 0.865. The molecule has 0 aromatic rings. The number of hydrogen-bond donors (Lipinski definition) is 2. The quantitative estimate of drug-likeness (QED) is 0.163. The maximum Gasteiger partial charge on any atom is 0.246 e. The Morgan fingerprint density at radius 1 is 0.808 bits per heavy atom. The summed E-state index contributed by atoms with van der Waals surface area (Å²) >= 11 is -1.74. The lowest BCUT2D eigenvalue weighted by Crippen LogP contribution is -2.65. The third-order valence-electron chi connectivity index (χ3n) is 10.0. The van der Waals surface area contributed by atoms with Crippen molar-refractivity contribution in [3.8, 4) is 0 Å².